The number of ether oxygens (including phenoxy) is 1. The molecular weight excluding hydrogens is 191 g/mol. The summed E-state index contributed by atoms with van der Waals surface area (Å²) in [6.07, 6.45) is 1.63. The first-order valence-electron chi connectivity index (χ1n) is 2.73. The van der Waals surface area contributed by atoms with Crippen LogP contribution in [-0.2, 0) is 9.53 Å². The molecule has 1 heterocycles. The van der Waals surface area contributed by atoms with E-state index in [1.807, 2.05) is 0 Å². The summed E-state index contributed by atoms with van der Waals surface area (Å²) in [5, 5.41) is 8.63. The van der Waals surface area contributed by atoms with Crippen molar-refractivity contribution in [3.63, 3.8) is 0 Å². The van der Waals surface area contributed by atoms with E-state index in [1.165, 1.54) is 12.2 Å². The van der Waals surface area contributed by atoms with Crippen LogP contribution in [0.5, 0.6) is 0 Å². The van der Waals surface area contributed by atoms with Crippen LogP contribution in [0.2, 0.25) is 0 Å². The first-order chi connectivity index (χ1) is 5.11. The Balaban J connectivity index is 2.81. The molecule has 5 heteroatoms. The van der Waals surface area contributed by atoms with E-state index in [9.17, 15) is 4.79 Å². The van der Waals surface area contributed by atoms with E-state index in [0.29, 0.717) is 0 Å². The average Bonchev–Trinajstić information content (AvgIpc) is 1.94. The molecule has 0 fully saturated rings. The smallest absolute Gasteiger partial charge is 0.350 e. The van der Waals surface area contributed by atoms with Crippen LogP contribution in [0.25, 0.3) is 0 Å². The van der Waals surface area contributed by atoms with E-state index in [1.54, 1.807) is 0 Å². The fourth-order valence-electron chi connectivity index (χ4n) is 0.609. The van der Waals surface area contributed by atoms with Gasteiger partial charge in [-0.05, 0) is 23.8 Å². The van der Waals surface area contributed by atoms with Gasteiger partial charge in [-0.15, -0.1) is 0 Å². The van der Waals surface area contributed by atoms with Gasteiger partial charge in [-0.2, -0.15) is 0 Å². The lowest BCUT2D eigenvalue weighted by atomic mass is 10.3. The lowest BCUT2D eigenvalue weighted by Gasteiger charge is -2.15. The number of aliphatic carboxylic acids is 1. The fraction of sp³-hybridized carbons (Fsp3) is 0.167. The summed E-state index contributed by atoms with van der Waals surface area (Å²) in [4.78, 5) is 10.4. The number of hydrogen-bond donors (Lipinski definition) is 1. The van der Waals surface area contributed by atoms with E-state index in [-0.39, 0.29) is 10.3 Å². The van der Waals surface area contributed by atoms with E-state index in [0.717, 1.165) is 0 Å². The Morgan fingerprint density at radius 2 is 2.18 bits per heavy atom. The standard InChI is InChI=1S/C6H4Cl2O3/c7-3-1-2-4(8)11-5(3)6(9)10/h1-2,5H,(H,9,10). The zero-order valence-electron chi connectivity index (χ0n) is 5.25. The number of carboxylic acid groups (broad SMARTS) is 1. The zero-order chi connectivity index (χ0) is 8.43. The number of carboxylic acids is 1. The van der Waals surface area contributed by atoms with Gasteiger partial charge in [0.05, 0.1) is 5.03 Å². The molecule has 1 rings (SSSR count). The first kappa shape index (κ1) is 8.43. The van der Waals surface area contributed by atoms with E-state index < -0.39 is 12.1 Å². The zero-order valence-corrected chi connectivity index (χ0v) is 6.76. The topological polar surface area (TPSA) is 46.5 Å². The molecule has 1 unspecified atom stereocenters. The minimum Gasteiger partial charge on any atom is -0.478 e. The van der Waals surface area contributed by atoms with Crippen molar-refractivity contribution in [3.8, 4) is 0 Å². The number of hydrogen-bond acceptors (Lipinski definition) is 2. The Hall–Kier alpha value is -0.670. The predicted octanol–water partition coefficient (Wildman–Crippen LogP) is 1.67. The maximum absolute atomic E-state index is 10.4. The molecule has 0 spiro atoms. The van der Waals surface area contributed by atoms with Gasteiger partial charge in [0.25, 0.3) is 0 Å². The van der Waals surface area contributed by atoms with Crippen LogP contribution in [0.3, 0.4) is 0 Å². The maximum Gasteiger partial charge on any atom is 0.350 e. The Kier molecular flexibility index (Phi) is 2.42. The fourth-order valence-corrected chi connectivity index (χ4v) is 0.962. The number of carbonyl (C=O) groups is 1. The molecule has 0 saturated carbocycles. The van der Waals surface area contributed by atoms with Gasteiger partial charge >= 0.3 is 5.97 Å². The third-order valence-corrected chi connectivity index (χ3v) is 1.62. The quantitative estimate of drug-likeness (QED) is 0.692. The van der Waals surface area contributed by atoms with Gasteiger partial charge in [0.15, 0.2) is 5.22 Å². The summed E-state index contributed by atoms with van der Waals surface area (Å²) >= 11 is 10.9. The summed E-state index contributed by atoms with van der Waals surface area (Å²) in [7, 11) is 0. The second-order valence-corrected chi connectivity index (χ2v) is 2.67. The lowest BCUT2D eigenvalue weighted by molar-refractivity contribution is -0.144. The summed E-state index contributed by atoms with van der Waals surface area (Å²) < 4.78 is 4.69. The summed E-state index contributed by atoms with van der Waals surface area (Å²) in [6, 6.07) is 0. The van der Waals surface area contributed by atoms with E-state index >= 15 is 0 Å². The van der Waals surface area contributed by atoms with Crippen LogP contribution in [0.1, 0.15) is 0 Å². The Labute approximate surface area is 72.9 Å². The largest absolute Gasteiger partial charge is 0.478 e. The van der Waals surface area contributed by atoms with Gasteiger partial charge in [-0.25, -0.2) is 4.79 Å². The van der Waals surface area contributed by atoms with Crippen molar-refractivity contribution >= 4 is 29.2 Å². The van der Waals surface area contributed by atoms with Crippen LogP contribution in [-0.4, -0.2) is 17.2 Å². The molecule has 0 aromatic heterocycles. The van der Waals surface area contributed by atoms with Crippen LogP contribution >= 0.6 is 23.2 Å². The van der Waals surface area contributed by atoms with Gasteiger partial charge in [-0.1, -0.05) is 11.6 Å². The monoisotopic (exact) mass is 194 g/mol. The van der Waals surface area contributed by atoms with Crippen LogP contribution in [0, 0.1) is 0 Å². The van der Waals surface area contributed by atoms with Crippen molar-refractivity contribution in [2.24, 2.45) is 0 Å². The molecule has 0 bridgehead atoms. The van der Waals surface area contributed by atoms with Crippen molar-refractivity contribution in [1.82, 2.24) is 0 Å². The summed E-state index contributed by atoms with van der Waals surface area (Å²) in [6.45, 7) is 0. The number of halogens is 2. The SMILES string of the molecule is O=C(O)C1OC(Cl)=CC=C1Cl. The minimum atomic E-state index is -1.16. The molecule has 0 aliphatic carbocycles. The van der Waals surface area contributed by atoms with Crippen LogP contribution < -0.4 is 0 Å². The normalized spacial score (nSPS) is 23.3. The summed E-state index contributed by atoms with van der Waals surface area (Å²) in [5.74, 6) is -1.16. The Morgan fingerprint density at radius 3 is 2.64 bits per heavy atom. The molecular formula is C6H4Cl2O3. The highest BCUT2D eigenvalue weighted by molar-refractivity contribution is 6.33. The van der Waals surface area contributed by atoms with Crippen molar-refractivity contribution in [3.05, 3.63) is 22.4 Å². The molecule has 0 aromatic rings. The molecule has 1 aliphatic heterocycles. The van der Waals surface area contributed by atoms with Crippen molar-refractivity contribution < 1.29 is 14.6 Å². The van der Waals surface area contributed by atoms with Crippen LogP contribution in [0.4, 0.5) is 0 Å². The second-order valence-electron chi connectivity index (χ2n) is 1.86. The highest BCUT2D eigenvalue weighted by Crippen LogP contribution is 2.22. The van der Waals surface area contributed by atoms with E-state index in [4.69, 9.17) is 28.3 Å². The lowest BCUT2D eigenvalue weighted by Crippen LogP contribution is -2.24. The Morgan fingerprint density at radius 1 is 1.55 bits per heavy atom. The second kappa shape index (κ2) is 3.15. The summed E-state index contributed by atoms with van der Waals surface area (Å²) in [5.41, 5.74) is 0. The van der Waals surface area contributed by atoms with Crippen molar-refractivity contribution in [2.45, 2.75) is 6.10 Å². The molecule has 1 N–H and O–H groups in total. The first-order valence-corrected chi connectivity index (χ1v) is 3.49. The molecule has 1 atom stereocenters. The van der Waals surface area contributed by atoms with Gasteiger partial charge in [0, 0.05) is 0 Å². The Bertz CT molecular complexity index is 244. The molecule has 0 aromatic carbocycles. The van der Waals surface area contributed by atoms with Gasteiger partial charge in [-0.3, -0.25) is 0 Å². The van der Waals surface area contributed by atoms with Crippen molar-refractivity contribution in [1.29, 1.82) is 0 Å². The third-order valence-electron chi connectivity index (χ3n) is 1.08. The number of rotatable bonds is 1. The average molecular weight is 195 g/mol. The van der Waals surface area contributed by atoms with Gasteiger partial charge < -0.3 is 9.84 Å². The highest BCUT2D eigenvalue weighted by Gasteiger charge is 2.25. The molecule has 1 aliphatic rings. The molecule has 0 amide bonds. The highest BCUT2D eigenvalue weighted by atomic mass is 35.5. The van der Waals surface area contributed by atoms with Crippen LogP contribution in [0.15, 0.2) is 22.4 Å². The molecule has 60 valence electrons. The predicted molar refractivity (Wildman–Crippen MR) is 40.4 cm³/mol. The van der Waals surface area contributed by atoms with Gasteiger partial charge in [0.1, 0.15) is 0 Å². The molecule has 0 radical (unpaired) electrons. The van der Waals surface area contributed by atoms with Crippen molar-refractivity contribution in [2.75, 3.05) is 0 Å². The van der Waals surface area contributed by atoms with E-state index in [2.05, 4.69) is 4.74 Å². The molecule has 11 heavy (non-hydrogen) atoms. The van der Waals surface area contributed by atoms with Gasteiger partial charge in [0.2, 0.25) is 6.10 Å². The minimum absolute atomic E-state index is 0.0294. The molecule has 0 saturated heterocycles. The number of allylic oxidation sites excluding steroid dienone is 2. The molecule has 3 nitrogen and oxygen atoms in total. The third kappa shape index (κ3) is 1.88. The maximum atomic E-state index is 10.4.